The van der Waals surface area contributed by atoms with E-state index in [4.69, 9.17) is 16.3 Å². The Morgan fingerprint density at radius 1 is 1.27 bits per heavy atom. The predicted molar refractivity (Wildman–Crippen MR) is 118 cm³/mol. The van der Waals surface area contributed by atoms with E-state index in [-0.39, 0.29) is 11.8 Å². The molecule has 1 aliphatic rings. The normalized spacial score (nSPS) is 13.8. The van der Waals surface area contributed by atoms with E-state index in [2.05, 4.69) is 16.0 Å². The number of hydrogen-bond acceptors (Lipinski definition) is 5. The molecule has 1 aliphatic carbocycles. The number of anilines is 1. The number of benzene rings is 1. The monoisotopic (exact) mass is 445 g/mol. The number of rotatable bonds is 7. The van der Waals surface area contributed by atoms with Crippen LogP contribution in [0.5, 0.6) is 0 Å². The summed E-state index contributed by atoms with van der Waals surface area (Å²) in [6.07, 6.45) is 4.33. The zero-order chi connectivity index (χ0) is 21.7. The second kappa shape index (κ2) is 10.1. The minimum atomic E-state index is -0.482. The fourth-order valence-corrected chi connectivity index (χ4v) is 4.56. The number of esters is 1. The van der Waals surface area contributed by atoms with Crippen LogP contribution in [-0.2, 0) is 14.3 Å². The summed E-state index contributed by atoms with van der Waals surface area (Å²) in [7, 11) is 0. The first kappa shape index (κ1) is 22.3. The van der Waals surface area contributed by atoms with E-state index in [9.17, 15) is 14.9 Å². The highest BCUT2D eigenvalue weighted by Crippen LogP contribution is 2.37. The molecule has 8 heteroatoms. The van der Waals surface area contributed by atoms with Crippen molar-refractivity contribution >= 4 is 41.1 Å². The molecule has 30 heavy (non-hydrogen) atoms. The van der Waals surface area contributed by atoms with Crippen molar-refractivity contribution < 1.29 is 14.3 Å². The molecule has 0 aliphatic heterocycles. The number of halogens is 1. The molecular weight excluding hydrogens is 422 g/mol. The second-order valence-corrected chi connectivity index (χ2v) is 8.79. The van der Waals surface area contributed by atoms with Crippen molar-refractivity contribution in [3.8, 4) is 6.07 Å². The van der Waals surface area contributed by atoms with Gasteiger partial charge in [0.15, 0.2) is 6.61 Å². The number of nitrogens with zero attached hydrogens (tertiary/aromatic N) is 2. The van der Waals surface area contributed by atoms with Gasteiger partial charge in [-0.25, -0.2) is 0 Å². The summed E-state index contributed by atoms with van der Waals surface area (Å²) in [5.41, 5.74) is 2.33. The van der Waals surface area contributed by atoms with E-state index in [0.717, 1.165) is 41.8 Å². The number of amides is 1. The van der Waals surface area contributed by atoms with Gasteiger partial charge in [0.1, 0.15) is 11.9 Å². The molecule has 0 radical (unpaired) electrons. The zero-order valence-corrected chi connectivity index (χ0v) is 18.6. The lowest BCUT2D eigenvalue weighted by Gasteiger charge is -2.19. The Labute approximate surface area is 185 Å². The highest BCUT2D eigenvalue weighted by Gasteiger charge is 2.26. The fourth-order valence-electron chi connectivity index (χ4n) is 3.73. The molecule has 1 aromatic heterocycles. The van der Waals surface area contributed by atoms with Crippen molar-refractivity contribution in [3.63, 3.8) is 0 Å². The molecule has 0 bridgehead atoms. The van der Waals surface area contributed by atoms with Gasteiger partial charge in [-0.3, -0.25) is 9.59 Å². The average Bonchev–Trinajstić information content (AvgIpc) is 3.33. The molecule has 0 saturated heterocycles. The van der Waals surface area contributed by atoms with Crippen LogP contribution in [0.2, 0.25) is 5.02 Å². The lowest BCUT2D eigenvalue weighted by atomic mass is 10.2. The van der Waals surface area contributed by atoms with Gasteiger partial charge in [0.25, 0.3) is 5.91 Å². The number of hydrogen-bond donors (Lipinski definition) is 1. The van der Waals surface area contributed by atoms with Gasteiger partial charge in [-0.05, 0) is 56.5 Å². The van der Waals surface area contributed by atoms with E-state index in [1.54, 1.807) is 12.1 Å². The molecule has 1 amide bonds. The van der Waals surface area contributed by atoms with Crippen molar-refractivity contribution in [1.29, 1.82) is 5.26 Å². The Kier molecular flexibility index (Phi) is 7.46. The molecule has 3 rings (SSSR count). The lowest BCUT2D eigenvalue weighted by molar-refractivity contribution is -0.144. The third-order valence-electron chi connectivity index (χ3n) is 5.35. The second-order valence-electron chi connectivity index (χ2n) is 7.31. The van der Waals surface area contributed by atoms with Gasteiger partial charge >= 0.3 is 5.97 Å². The van der Waals surface area contributed by atoms with Crippen LogP contribution in [0.3, 0.4) is 0 Å². The Balaban J connectivity index is 1.59. The lowest BCUT2D eigenvalue weighted by Crippen LogP contribution is -2.24. The number of nitriles is 1. The Bertz CT molecular complexity index is 973. The number of carbonyl (C=O) groups is 2. The van der Waals surface area contributed by atoms with Crippen LogP contribution < -0.4 is 5.32 Å². The third-order valence-corrected chi connectivity index (χ3v) is 6.59. The van der Waals surface area contributed by atoms with Gasteiger partial charge in [0.05, 0.1) is 11.3 Å². The molecule has 1 fully saturated rings. The van der Waals surface area contributed by atoms with Crippen LogP contribution >= 0.6 is 23.4 Å². The third kappa shape index (κ3) is 5.18. The maximum absolute atomic E-state index is 12.5. The molecule has 1 saturated carbocycles. The van der Waals surface area contributed by atoms with E-state index in [1.807, 2.05) is 26.0 Å². The van der Waals surface area contributed by atoms with E-state index in [0.29, 0.717) is 16.4 Å². The van der Waals surface area contributed by atoms with Crippen molar-refractivity contribution in [2.45, 2.75) is 50.5 Å². The Hall–Kier alpha value is -2.43. The molecule has 1 heterocycles. The Morgan fingerprint density at radius 2 is 1.93 bits per heavy atom. The maximum atomic E-state index is 12.5. The van der Waals surface area contributed by atoms with Crippen molar-refractivity contribution in [3.05, 3.63) is 46.1 Å². The molecule has 158 valence electrons. The maximum Gasteiger partial charge on any atom is 0.316 e. The van der Waals surface area contributed by atoms with Gasteiger partial charge in [0, 0.05) is 21.7 Å². The molecule has 2 aromatic rings. The number of nitrogens with one attached hydrogen (secondary N) is 1. The highest BCUT2D eigenvalue weighted by atomic mass is 35.5. The average molecular weight is 446 g/mol. The molecular formula is C22H24ClN3O3S. The summed E-state index contributed by atoms with van der Waals surface area (Å²) in [5.74, 6) is -0.331. The summed E-state index contributed by atoms with van der Waals surface area (Å²) in [4.78, 5) is 25.3. The van der Waals surface area contributed by atoms with Gasteiger partial charge < -0.3 is 14.6 Å². The van der Waals surface area contributed by atoms with Crippen LogP contribution in [-0.4, -0.2) is 28.8 Å². The van der Waals surface area contributed by atoms with Crippen LogP contribution in [0.1, 0.15) is 48.5 Å². The van der Waals surface area contributed by atoms with Crippen molar-refractivity contribution in [2.75, 3.05) is 17.7 Å². The van der Waals surface area contributed by atoms with Gasteiger partial charge in [-0.2, -0.15) is 5.26 Å². The Morgan fingerprint density at radius 3 is 2.57 bits per heavy atom. The molecule has 6 nitrogen and oxygen atoms in total. The van der Waals surface area contributed by atoms with Crippen molar-refractivity contribution in [1.82, 2.24) is 4.57 Å². The van der Waals surface area contributed by atoms with Crippen molar-refractivity contribution in [2.24, 2.45) is 0 Å². The molecule has 1 N–H and O–H groups in total. The number of carbonyl (C=O) groups excluding carboxylic acids is 2. The summed E-state index contributed by atoms with van der Waals surface area (Å²) in [5, 5.41) is 13.0. The zero-order valence-electron chi connectivity index (χ0n) is 17.0. The smallest absolute Gasteiger partial charge is 0.316 e. The first-order chi connectivity index (χ1) is 14.4. The number of thioether (sulfide) groups is 1. The van der Waals surface area contributed by atoms with E-state index in [1.165, 1.54) is 11.8 Å². The van der Waals surface area contributed by atoms with E-state index >= 15 is 0 Å². The first-order valence-electron chi connectivity index (χ1n) is 9.86. The summed E-state index contributed by atoms with van der Waals surface area (Å²) in [6.45, 7) is 3.47. The van der Waals surface area contributed by atoms with Gasteiger partial charge in [0.2, 0.25) is 0 Å². The molecule has 0 spiro atoms. The highest BCUT2D eigenvalue weighted by molar-refractivity contribution is 8.00. The SMILES string of the molecule is Cc1c(C#N)c(NC(=O)COC(=O)CSc2ccc(Cl)cc2)n(C2CCCC2)c1C. The van der Waals surface area contributed by atoms with Crippen LogP contribution in [0.15, 0.2) is 29.2 Å². The first-order valence-corrected chi connectivity index (χ1v) is 11.2. The molecule has 1 aromatic carbocycles. The summed E-state index contributed by atoms with van der Waals surface area (Å²) >= 11 is 7.16. The minimum absolute atomic E-state index is 0.0923. The number of aromatic nitrogens is 1. The van der Waals surface area contributed by atoms with Gasteiger partial charge in [-0.1, -0.05) is 24.4 Å². The topological polar surface area (TPSA) is 84.1 Å². The van der Waals surface area contributed by atoms with Gasteiger partial charge in [-0.15, -0.1) is 11.8 Å². The molecule has 0 unspecified atom stereocenters. The summed E-state index contributed by atoms with van der Waals surface area (Å²) < 4.78 is 7.17. The predicted octanol–water partition coefficient (Wildman–Crippen LogP) is 5.02. The van der Waals surface area contributed by atoms with Crippen LogP contribution in [0, 0.1) is 25.2 Å². The minimum Gasteiger partial charge on any atom is -0.455 e. The summed E-state index contributed by atoms with van der Waals surface area (Å²) in [6, 6.07) is 9.62. The fraction of sp³-hybridized carbons (Fsp3) is 0.409. The number of ether oxygens (including phenoxy) is 1. The standard InChI is InChI=1S/C22H24ClN3O3S/c1-14-15(2)26(17-5-3-4-6-17)22(19(14)11-24)25-20(27)12-29-21(28)13-30-18-9-7-16(23)8-10-18/h7-10,17H,3-6,12-13H2,1-2H3,(H,25,27). The largest absolute Gasteiger partial charge is 0.455 e. The quantitative estimate of drug-likeness (QED) is 0.477. The molecule has 0 atom stereocenters. The van der Waals surface area contributed by atoms with Crippen LogP contribution in [0.4, 0.5) is 5.82 Å². The van der Waals surface area contributed by atoms with E-state index < -0.39 is 18.5 Å². The van der Waals surface area contributed by atoms with Crippen LogP contribution in [0.25, 0.3) is 0 Å².